The summed E-state index contributed by atoms with van der Waals surface area (Å²) in [5.41, 5.74) is 4.20. The van der Waals surface area contributed by atoms with Crippen molar-refractivity contribution in [2.75, 3.05) is 6.79 Å². The van der Waals surface area contributed by atoms with Gasteiger partial charge in [0.2, 0.25) is 12.7 Å². The fourth-order valence-electron chi connectivity index (χ4n) is 2.98. The fraction of sp³-hybridized carbons (Fsp3) is 0.238. The van der Waals surface area contributed by atoms with E-state index in [4.69, 9.17) is 9.47 Å². The molecular formula is C21H20N2O3S. The molecule has 0 unspecified atom stereocenters. The maximum absolute atomic E-state index is 12.4. The molecule has 1 aliphatic heterocycles. The zero-order valence-electron chi connectivity index (χ0n) is 15.2. The number of fused-ring (bicyclic) bond motifs is 1. The molecule has 0 saturated heterocycles. The van der Waals surface area contributed by atoms with Crippen LogP contribution in [0.15, 0.2) is 42.5 Å². The molecule has 2 aromatic carbocycles. The van der Waals surface area contributed by atoms with Crippen LogP contribution in [0.2, 0.25) is 0 Å². The van der Waals surface area contributed by atoms with Gasteiger partial charge in [-0.15, -0.1) is 11.3 Å². The number of hydrogen-bond donors (Lipinski definition) is 1. The van der Waals surface area contributed by atoms with Crippen molar-refractivity contribution >= 4 is 17.2 Å². The van der Waals surface area contributed by atoms with Crippen molar-refractivity contribution in [3.05, 3.63) is 64.2 Å². The Bertz CT molecular complexity index is 997. The third kappa shape index (κ3) is 3.80. The van der Waals surface area contributed by atoms with E-state index in [1.165, 1.54) is 5.56 Å². The first kappa shape index (κ1) is 17.5. The number of nitrogens with zero attached hydrogens (tertiary/aromatic N) is 1. The van der Waals surface area contributed by atoms with Crippen LogP contribution in [0.3, 0.4) is 0 Å². The summed E-state index contributed by atoms with van der Waals surface area (Å²) >= 11 is 1.58. The largest absolute Gasteiger partial charge is 0.454 e. The first-order valence-corrected chi connectivity index (χ1v) is 9.59. The van der Waals surface area contributed by atoms with Gasteiger partial charge in [0.25, 0.3) is 0 Å². The first-order valence-electron chi connectivity index (χ1n) is 8.77. The van der Waals surface area contributed by atoms with Gasteiger partial charge in [0, 0.05) is 17.0 Å². The van der Waals surface area contributed by atoms with E-state index in [2.05, 4.69) is 29.4 Å². The molecular weight excluding hydrogens is 360 g/mol. The van der Waals surface area contributed by atoms with Crippen LogP contribution >= 0.6 is 11.3 Å². The van der Waals surface area contributed by atoms with Gasteiger partial charge in [0.1, 0.15) is 5.01 Å². The highest BCUT2D eigenvalue weighted by Gasteiger charge is 2.15. The molecule has 1 N–H and O–H groups in total. The molecule has 0 radical (unpaired) electrons. The van der Waals surface area contributed by atoms with Crippen LogP contribution in [-0.2, 0) is 17.8 Å². The van der Waals surface area contributed by atoms with E-state index in [-0.39, 0.29) is 12.7 Å². The van der Waals surface area contributed by atoms with Gasteiger partial charge in [-0.05, 0) is 37.1 Å². The topological polar surface area (TPSA) is 60.5 Å². The Morgan fingerprint density at radius 2 is 1.96 bits per heavy atom. The van der Waals surface area contributed by atoms with E-state index in [1.807, 2.05) is 37.3 Å². The molecule has 27 heavy (non-hydrogen) atoms. The molecule has 4 rings (SSSR count). The van der Waals surface area contributed by atoms with E-state index in [1.54, 1.807) is 11.3 Å². The van der Waals surface area contributed by atoms with Crippen molar-refractivity contribution in [3.8, 4) is 22.1 Å². The zero-order valence-corrected chi connectivity index (χ0v) is 16.1. The lowest BCUT2D eigenvalue weighted by Gasteiger charge is -2.06. The summed E-state index contributed by atoms with van der Waals surface area (Å²) in [6, 6.07) is 13.9. The number of ether oxygens (including phenoxy) is 2. The molecule has 0 atom stereocenters. The van der Waals surface area contributed by atoms with Crippen molar-refractivity contribution in [1.29, 1.82) is 0 Å². The standard InChI is InChI=1S/C21H20N2O3S/c1-13-5-3-4-6-16(13)21-23-14(2)19(27-21)10-20(24)22-11-15-7-8-17-18(9-15)26-12-25-17/h3-9H,10-12H2,1-2H3,(H,22,24). The van der Waals surface area contributed by atoms with E-state index in [9.17, 15) is 4.79 Å². The molecule has 6 heteroatoms. The molecule has 1 aromatic heterocycles. The minimum absolute atomic E-state index is 0.0178. The number of carbonyl (C=O) groups excluding carboxylic acids is 1. The van der Waals surface area contributed by atoms with Crippen LogP contribution in [0, 0.1) is 13.8 Å². The molecule has 1 aliphatic rings. The Hall–Kier alpha value is -2.86. The van der Waals surface area contributed by atoms with Crippen LogP contribution in [0.4, 0.5) is 0 Å². The van der Waals surface area contributed by atoms with Crippen LogP contribution < -0.4 is 14.8 Å². The van der Waals surface area contributed by atoms with Crippen molar-refractivity contribution in [1.82, 2.24) is 10.3 Å². The predicted octanol–water partition coefficient (Wildman–Crippen LogP) is 4.01. The average molecular weight is 380 g/mol. The summed E-state index contributed by atoms with van der Waals surface area (Å²) in [4.78, 5) is 18.1. The predicted molar refractivity (Wildman–Crippen MR) is 105 cm³/mol. The van der Waals surface area contributed by atoms with Gasteiger partial charge in [0.05, 0.1) is 12.1 Å². The van der Waals surface area contributed by atoms with Gasteiger partial charge in [-0.25, -0.2) is 4.98 Å². The number of benzene rings is 2. The number of carbonyl (C=O) groups is 1. The van der Waals surface area contributed by atoms with E-state index in [0.717, 1.165) is 38.2 Å². The van der Waals surface area contributed by atoms with Crippen LogP contribution in [-0.4, -0.2) is 17.7 Å². The maximum Gasteiger partial charge on any atom is 0.231 e. The quantitative estimate of drug-likeness (QED) is 0.726. The van der Waals surface area contributed by atoms with Gasteiger partial charge < -0.3 is 14.8 Å². The Labute approximate surface area is 162 Å². The summed E-state index contributed by atoms with van der Waals surface area (Å²) in [5.74, 6) is 1.45. The number of hydrogen-bond acceptors (Lipinski definition) is 5. The molecule has 0 aliphatic carbocycles. The summed E-state index contributed by atoms with van der Waals surface area (Å²) in [5, 5.41) is 3.93. The van der Waals surface area contributed by atoms with Gasteiger partial charge in [-0.2, -0.15) is 0 Å². The Morgan fingerprint density at radius 3 is 2.81 bits per heavy atom. The molecule has 0 fully saturated rings. The van der Waals surface area contributed by atoms with E-state index < -0.39 is 0 Å². The van der Waals surface area contributed by atoms with Crippen LogP contribution in [0.5, 0.6) is 11.5 Å². The number of aryl methyl sites for hydroxylation is 2. The lowest BCUT2D eigenvalue weighted by atomic mass is 10.1. The average Bonchev–Trinajstić information content (AvgIpc) is 3.27. The molecule has 0 saturated carbocycles. The number of rotatable bonds is 5. The fourth-order valence-corrected chi connectivity index (χ4v) is 4.13. The zero-order chi connectivity index (χ0) is 18.8. The Balaban J connectivity index is 1.40. The summed E-state index contributed by atoms with van der Waals surface area (Å²) in [6.45, 7) is 4.74. The maximum atomic E-state index is 12.4. The van der Waals surface area contributed by atoms with E-state index >= 15 is 0 Å². The number of amides is 1. The minimum Gasteiger partial charge on any atom is -0.454 e. The normalized spacial score (nSPS) is 12.2. The van der Waals surface area contributed by atoms with E-state index in [0.29, 0.717) is 13.0 Å². The molecule has 3 aromatic rings. The second-order valence-corrected chi connectivity index (χ2v) is 7.57. The van der Waals surface area contributed by atoms with Gasteiger partial charge >= 0.3 is 0 Å². The monoisotopic (exact) mass is 380 g/mol. The minimum atomic E-state index is -0.0178. The second-order valence-electron chi connectivity index (χ2n) is 6.48. The molecule has 5 nitrogen and oxygen atoms in total. The third-order valence-electron chi connectivity index (χ3n) is 4.52. The van der Waals surface area contributed by atoms with Crippen molar-refractivity contribution < 1.29 is 14.3 Å². The second kappa shape index (κ2) is 7.40. The molecule has 0 spiro atoms. The van der Waals surface area contributed by atoms with Crippen molar-refractivity contribution in [3.63, 3.8) is 0 Å². The highest BCUT2D eigenvalue weighted by atomic mass is 32.1. The smallest absolute Gasteiger partial charge is 0.231 e. The lowest BCUT2D eigenvalue weighted by molar-refractivity contribution is -0.120. The SMILES string of the molecule is Cc1ccccc1-c1nc(C)c(CC(=O)NCc2ccc3c(c2)OCO3)s1. The van der Waals surface area contributed by atoms with Crippen LogP contribution in [0.25, 0.3) is 10.6 Å². The summed E-state index contributed by atoms with van der Waals surface area (Å²) in [7, 11) is 0. The number of nitrogens with one attached hydrogen (secondary N) is 1. The molecule has 2 heterocycles. The summed E-state index contributed by atoms with van der Waals surface area (Å²) < 4.78 is 10.7. The highest BCUT2D eigenvalue weighted by Crippen LogP contribution is 2.32. The Morgan fingerprint density at radius 1 is 1.15 bits per heavy atom. The van der Waals surface area contributed by atoms with Gasteiger partial charge in [0.15, 0.2) is 11.5 Å². The molecule has 138 valence electrons. The Kier molecular flexibility index (Phi) is 4.81. The molecule has 0 bridgehead atoms. The number of thiazole rings is 1. The lowest BCUT2D eigenvalue weighted by Crippen LogP contribution is -2.24. The third-order valence-corrected chi connectivity index (χ3v) is 5.71. The first-order chi connectivity index (χ1) is 13.1. The molecule has 1 amide bonds. The van der Waals surface area contributed by atoms with Gasteiger partial charge in [-0.3, -0.25) is 4.79 Å². The van der Waals surface area contributed by atoms with Crippen LogP contribution in [0.1, 0.15) is 21.7 Å². The van der Waals surface area contributed by atoms with Gasteiger partial charge in [-0.1, -0.05) is 30.3 Å². The number of aromatic nitrogens is 1. The summed E-state index contributed by atoms with van der Waals surface area (Å²) in [6.07, 6.45) is 0.333. The highest BCUT2D eigenvalue weighted by molar-refractivity contribution is 7.15. The van der Waals surface area contributed by atoms with Crippen molar-refractivity contribution in [2.45, 2.75) is 26.8 Å². The van der Waals surface area contributed by atoms with Crippen molar-refractivity contribution in [2.24, 2.45) is 0 Å².